The summed E-state index contributed by atoms with van der Waals surface area (Å²) < 4.78 is 10.3. The van der Waals surface area contributed by atoms with Crippen molar-refractivity contribution in [3.63, 3.8) is 0 Å². The van der Waals surface area contributed by atoms with Gasteiger partial charge < -0.3 is 20.1 Å². The molecule has 1 aromatic rings. The van der Waals surface area contributed by atoms with Crippen LogP contribution < -0.4 is 15.4 Å². The average molecular weight is 427 g/mol. The Morgan fingerprint density at radius 2 is 1.93 bits per heavy atom. The zero-order valence-corrected chi connectivity index (χ0v) is 18.1. The van der Waals surface area contributed by atoms with Crippen LogP contribution in [0.1, 0.15) is 13.3 Å². The van der Waals surface area contributed by atoms with Gasteiger partial charge in [0.05, 0.1) is 25.4 Å². The number of ether oxygens (including phenoxy) is 2. The van der Waals surface area contributed by atoms with E-state index in [9.17, 15) is 9.59 Å². The standard InChI is InChI=1S/C20H31ClN4O4/c1-15(20(27)23-17-13-16(21)5-6-18(17)29-3)25-10-8-24(9-11-25)14-19(26)22-7-4-12-28-2/h5-6,13,15H,4,7-12,14H2,1-3H3,(H,22,26)(H,23,27)/t15-/m0/s1. The minimum absolute atomic E-state index is 0.0217. The van der Waals surface area contributed by atoms with Crippen LogP contribution in [0.15, 0.2) is 18.2 Å². The highest BCUT2D eigenvalue weighted by Crippen LogP contribution is 2.28. The van der Waals surface area contributed by atoms with Gasteiger partial charge in [0.2, 0.25) is 11.8 Å². The van der Waals surface area contributed by atoms with Gasteiger partial charge in [-0.3, -0.25) is 19.4 Å². The fourth-order valence-electron chi connectivity index (χ4n) is 3.19. The molecule has 1 aliphatic heterocycles. The molecule has 0 saturated carbocycles. The van der Waals surface area contributed by atoms with Gasteiger partial charge in [0.25, 0.3) is 0 Å². The Balaban J connectivity index is 1.78. The summed E-state index contributed by atoms with van der Waals surface area (Å²) in [6.45, 7) is 6.44. The summed E-state index contributed by atoms with van der Waals surface area (Å²) >= 11 is 6.03. The van der Waals surface area contributed by atoms with Gasteiger partial charge in [-0.05, 0) is 31.5 Å². The Morgan fingerprint density at radius 3 is 2.59 bits per heavy atom. The number of methoxy groups -OCH3 is 2. The number of nitrogens with zero attached hydrogens (tertiary/aromatic N) is 2. The highest BCUT2D eigenvalue weighted by atomic mass is 35.5. The number of halogens is 1. The summed E-state index contributed by atoms with van der Waals surface area (Å²) in [6.07, 6.45) is 0.806. The molecule has 0 spiro atoms. The molecule has 9 heteroatoms. The van der Waals surface area contributed by atoms with E-state index in [4.69, 9.17) is 21.1 Å². The number of carbonyl (C=O) groups excluding carboxylic acids is 2. The van der Waals surface area contributed by atoms with Crippen molar-refractivity contribution in [1.29, 1.82) is 0 Å². The first-order valence-corrected chi connectivity index (χ1v) is 10.2. The molecule has 0 aliphatic carbocycles. The Morgan fingerprint density at radius 1 is 1.21 bits per heavy atom. The summed E-state index contributed by atoms with van der Waals surface area (Å²) in [5.41, 5.74) is 0.556. The van der Waals surface area contributed by atoms with Crippen molar-refractivity contribution in [2.45, 2.75) is 19.4 Å². The minimum atomic E-state index is -0.302. The first kappa shape index (κ1) is 23.4. The first-order chi connectivity index (χ1) is 13.9. The van der Waals surface area contributed by atoms with E-state index in [1.807, 2.05) is 6.92 Å². The molecule has 2 N–H and O–H groups in total. The van der Waals surface area contributed by atoms with Gasteiger partial charge in [0.1, 0.15) is 5.75 Å². The predicted molar refractivity (Wildman–Crippen MR) is 114 cm³/mol. The fraction of sp³-hybridized carbons (Fsp3) is 0.600. The molecule has 1 fully saturated rings. The van der Waals surface area contributed by atoms with Gasteiger partial charge in [0, 0.05) is 51.5 Å². The molecule has 1 heterocycles. The van der Waals surface area contributed by atoms with Crippen molar-refractivity contribution in [2.24, 2.45) is 0 Å². The normalized spacial score (nSPS) is 16.3. The lowest BCUT2D eigenvalue weighted by atomic mass is 10.2. The molecule has 2 amide bonds. The lowest BCUT2D eigenvalue weighted by Crippen LogP contribution is -2.54. The summed E-state index contributed by atoms with van der Waals surface area (Å²) in [4.78, 5) is 28.9. The molecular formula is C20H31ClN4O4. The number of carbonyl (C=O) groups is 2. The van der Waals surface area contributed by atoms with Crippen LogP contribution >= 0.6 is 11.6 Å². The first-order valence-electron chi connectivity index (χ1n) is 9.81. The fourth-order valence-corrected chi connectivity index (χ4v) is 3.37. The van der Waals surface area contributed by atoms with E-state index in [-0.39, 0.29) is 17.9 Å². The van der Waals surface area contributed by atoms with E-state index in [2.05, 4.69) is 20.4 Å². The number of hydrogen-bond donors (Lipinski definition) is 2. The second-order valence-electron chi connectivity index (χ2n) is 7.02. The van der Waals surface area contributed by atoms with Crippen molar-refractivity contribution >= 4 is 29.1 Å². The van der Waals surface area contributed by atoms with Gasteiger partial charge in [-0.15, -0.1) is 0 Å². The predicted octanol–water partition coefficient (Wildman–Crippen LogP) is 1.45. The van der Waals surface area contributed by atoms with Crippen molar-refractivity contribution < 1.29 is 19.1 Å². The quantitative estimate of drug-likeness (QED) is 0.551. The van der Waals surface area contributed by atoms with E-state index in [1.54, 1.807) is 32.4 Å². The zero-order valence-electron chi connectivity index (χ0n) is 17.4. The van der Waals surface area contributed by atoms with Crippen LogP contribution in [0.25, 0.3) is 0 Å². The zero-order chi connectivity index (χ0) is 21.2. The smallest absolute Gasteiger partial charge is 0.241 e. The van der Waals surface area contributed by atoms with Gasteiger partial charge in [-0.1, -0.05) is 11.6 Å². The Bertz CT molecular complexity index is 680. The lowest BCUT2D eigenvalue weighted by Gasteiger charge is -2.37. The third kappa shape index (κ3) is 7.47. The maximum absolute atomic E-state index is 12.7. The number of amides is 2. The van der Waals surface area contributed by atoms with Gasteiger partial charge in [-0.25, -0.2) is 0 Å². The molecule has 1 aromatic carbocycles. The summed E-state index contributed by atoms with van der Waals surface area (Å²) in [6, 6.07) is 4.81. The van der Waals surface area contributed by atoms with Crippen LogP contribution in [0.5, 0.6) is 5.75 Å². The van der Waals surface area contributed by atoms with E-state index in [0.29, 0.717) is 36.2 Å². The largest absolute Gasteiger partial charge is 0.495 e. The molecule has 1 saturated heterocycles. The highest BCUT2D eigenvalue weighted by Gasteiger charge is 2.26. The number of benzene rings is 1. The highest BCUT2D eigenvalue weighted by molar-refractivity contribution is 6.31. The average Bonchev–Trinajstić information content (AvgIpc) is 2.71. The minimum Gasteiger partial charge on any atom is -0.495 e. The van der Waals surface area contributed by atoms with Crippen molar-refractivity contribution in [1.82, 2.24) is 15.1 Å². The molecule has 0 unspecified atom stereocenters. The molecule has 0 radical (unpaired) electrons. The molecule has 29 heavy (non-hydrogen) atoms. The Hall–Kier alpha value is -1.87. The van der Waals surface area contributed by atoms with Gasteiger partial charge in [-0.2, -0.15) is 0 Å². The van der Waals surface area contributed by atoms with Crippen LogP contribution in [0.2, 0.25) is 5.02 Å². The second-order valence-corrected chi connectivity index (χ2v) is 7.45. The molecule has 0 bridgehead atoms. The van der Waals surface area contributed by atoms with Crippen molar-refractivity contribution in [2.75, 3.05) is 65.4 Å². The van der Waals surface area contributed by atoms with Crippen LogP contribution in [0.4, 0.5) is 5.69 Å². The lowest BCUT2D eigenvalue weighted by molar-refractivity contribution is -0.124. The van der Waals surface area contributed by atoms with Gasteiger partial charge >= 0.3 is 0 Å². The topological polar surface area (TPSA) is 83.1 Å². The number of piperazine rings is 1. The molecule has 1 aliphatic rings. The molecule has 2 rings (SSSR count). The third-order valence-electron chi connectivity index (χ3n) is 4.97. The molecule has 8 nitrogen and oxygen atoms in total. The van der Waals surface area contributed by atoms with Gasteiger partial charge in [0.15, 0.2) is 0 Å². The SMILES string of the molecule is COCCCNC(=O)CN1CCN([C@@H](C)C(=O)Nc2cc(Cl)ccc2OC)CC1. The Kier molecular flexibility index (Phi) is 9.66. The number of hydrogen-bond acceptors (Lipinski definition) is 6. The summed E-state index contributed by atoms with van der Waals surface area (Å²) in [7, 11) is 3.20. The summed E-state index contributed by atoms with van der Waals surface area (Å²) in [5.74, 6) is 0.472. The molecule has 0 aromatic heterocycles. The van der Waals surface area contributed by atoms with Crippen molar-refractivity contribution in [3.05, 3.63) is 23.2 Å². The monoisotopic (exact) mass is 426 g/mol. The Labute approximate surface area is 177 Å². The molecule has 162 valence electrons. The van der Waals surface area contributed by atoms with E-state index in [1.165, 1.54) is 0 Å². The number of nitrogens with one attached hydrogen (secondary N) is 2. The molecular weight excluding hydrogens is 396 g/mol. The van der Waals surface area contributed by atoms with Crippen molar-refractivity contribution in [3.8, 4) is 5.75 Å². The second kappa shape index (κ2) is 12.0. The van der Waals surface area contributed by atoms with Crippen LogP contribution in [-0.4, -0.2) is 87.8 Å². The maximum atomic E-state index is 12.7. The van der Waals surface area contributed by atoms with E-state index < -0.39 is 0 Å². The van der Waals surface area contributed by atoms with Crippen LogP contribution in [-0.2, 0) is 14.3 Å². The number of rotatable bonds is 10. The molecule has 1 atom stereocenters. The maximum Gasteiger partial charge on any atom is 0.241 e. The van der Waals surface area contributed by atoms with E-state index >= 15 is 0 Å². The van der Waals surface area contributed by atoms with Crippen LogP contribution in [0, 0.1) is 0 Å². The number of anilines is 1. The van der Waals surface area contributed by atoms with Crippen LogP contribution in [0.3, 0.4) is 0 Å². The summed E-state index contributed by atoms with van der Waals surface area (Å²) in [5, 5.41) is 6.33. The third-order valence-corrected chi connectivity index (χ3v) is 5.20. The van der Waals surface area contributed by atoms with E-state index in [0.717, 1.165) is 32.6 Å².